The van der Waals surface area contributed by atoms with Gasteiger partial charge >= 0.3 is 0 Å². The summed E-state index contributed by atoms with van der Waals surface area (Å²) in [6, 6.07) is 4.74. The van der Waals surface area contributed by atoms with Gasteiger partial charge in [0.1, 0.15) is 0 Å². The maximum absolute atomic E-state index is 12.2. The van der Waals surface area contributed by atoms with Crippen molar-refractivity contribution in [3.63, 3.8) is 0 Å². The van der Waals surface area contributed by atoms with Crippen LogP contribution in [0.1, 0.15) is 10.4 Å². The van der Waals surface area contributed by atoms with Gasteiger partial charge in [0.15, 0.2) is 0 Å². The smallest absolute Gasteiger partial charge is 0.262 e. The number of sulfonamides is 1. The molecule has 0 saturated heterocycles. The molecule has 2 aromatic rings. The zero-order chi connectivity index (χ0) is 14.9. The van der Waals surface area contributed by atoms with Crippen molar-refractivity contribution in [2.75, 3.05) is 4.72 Å². The highest BCUT2D eigenvalue weighted by molar-refractivity contribution is 9.10. The molecule has 0 aliphatic rings. The van der Waals surface area contributed by atoms with Crippen LogP contribution in [0.15, 0.2) is 32.9 Å². The zero-order valence-corrected chi connectivity index (χ0v) is 14.3. The van der Waals surface area contributed by atoms with Crippen LogP contribution in [0.2, 0.25) is 5.02 Å². The second-order valence-corrected chi connectivity index (χ2v) is 8.03. The molecular weight excluding hydrogens is 386 g/mol. The quantitative estimate of drug-likeness (QED) is 0.827. The van der Waals surface area contributed by atoms with Crippen molar-refractivity contribution in [2.24, 2.45) is 0 Å². The molecule has 4 nitrogen and oxygen atoms in total. The van der Waals surface area contributed by atoms with E-state index in [1.54, 1.807) is 12.1 Å². The Kier molecular flexibility index (Phi) is 4.76. The van der Waals surface area contributed by atoms with Crippen LogP contribution in [0.4, 0.5) is 5.69 Å². The molecule has 1 heterocycles. The van der Waals surface area contributed by atoms with Crippen LogP contribution in [0.5, 0.6) is 0 Å². The van der Waals surface area contributed by atoms with E-state index in [1.807, 2.05) is 6.92 Å². The maximum atomic E-state index is 12.2. The van der Waals surface area contributed by atoms with Crippen molar-refractivity contribution < 1.29 is 13.5 Å². The molecule has 20 heavy (non-hydrogen) atoms. The number of rotatable bonds is 4. The molecule has 0 unspecified atom stereocenters. The van der Waals surface area contributed by atoms with Crippen molar-refractivity contribution in [1.29, 1.82) is 0 Å². The lowest BCUT2D eigenvalue weighted by Gasteiger charge is -2.10. The van der Waals surface area contributed by atoms with Gasteiger partial charge in [0.25, 0.3) is 10.0 Å². The average molecular weight is 397 g/mol. The predicted octanol–water partition coefficient (Wildman–Crippen LogP) is 3.77. The molecule has 0 bridgehead atoms. The van der Waals surface area contributed by atoms with Crippen LogP contribution in [0, 0.1) is 6.92 Å². The van der Waals surface area contributed by atoms with Crippen molar-refractivity contribution >= 4 is 54.6 Å². The lowest BCUT2D eigenvalue weighted by molar-refractivity contribution is 0.285. The lowest BCUT2D eigenvalue weighted by Crippen LogP contribution is -2.12. The Labute approximate surface area is 134 Å². The van der Waals surface area contributed by atoms with Crippen LogP contribution >= 0.6 is 38.9 Å². The minimum atomic E-state index is -3.69. The van der Waals surface area contributed by atoms with Gasteiger partial charge in [-0.2, -0.15) is 0 Å². The van der Waals surface area contributed by atoms with Gasteiger partial charge in [-0.3, -0.25) is 4.72 Å². The van der Waals surface area contributed by atoms with E-state index in [9.17, 15) is 8.42 Å². The largest absolute Gasteiger partial charge is 0.391 e. The Morgan fingerprint density at radius 1 is 1.40 bits per heavy atom. The molecule has 108 valence electrons. The summed E-state index contributed by atoms with van der Waals surface area (Å²) in [5, 5.41) is 11.0. The Morgan fingerprint density at radius 3 is 2.70 bits per heavy atom. The van der Waals surface area contributed by atoms with E-state index >= 15 is 0 Å². The molecule has 0 fully saturated rings. The predicted molar refractivity (Wildman–Crippen MR) is 84.9 cm³/mol. The van der Waals surface area contributed by atoms with Gasteiger partial charge < -0.3 is 5.11 Å². The maximum Gasteiger partial charge on any atom is 0.262 e. The number of anilines is 1. The van der Waals surface area contributed by atoms with Crippen LogP contribution in [0.25, 0.3) is 0 Å². The van der Waals surface area contributed by atoms with Crippen LogP contribution in [-0.2, 0) is 16.6 Å². The Hall–Kier alpha value is -0.600. The minimum absolute atomic E-state index is 0.121. The number of hydrogen-bond acceptors (Lipinski definition) is 4. The lowest BCUT2D eigenvalue weighted by atomic mass is 10.2. The number of aryl methyl sites for hydroxylation is 1. The first-order valence-electron chi connectivity index (χ1n) is 5.50. The summed E-state index contributed by atoms with van der Waals surface area (Å²) >= 11 is 10.5. The van der Waals surface area contributed by atoms with Crippen molar-refractivity contribution in [2.45, 2.75) is 18.4 Å². The van der Waals surface area contributed by atoms with E-state index in [1.165, 1.54) is 22.8 Å². The van der Waals surface area contributed by atoms with Crippen LogP contribution in [-0.4, -0.2) is 13.5 Å². The fourth-order valence-electron chi connectivity index (χ4n) is 1.51. The van der Waals surface area contributed by atoms with Crippen molar-refractivity contribution in [3.8, 4) is 0 Å². The summed E-state index contributed by atoms with van der Waals surface area (Å²) in [4.78, 5) is 0.710. The van der Waals surface area contributed by atoms with Crippen LogP contribution < -0.4 is 4.72 Å². The van der Waals surface area contributed by atoms with Gasteiger partial charge in [0, 0.05) is 19.8 Å². The molecule has 8 heteroatoms. The first-order valence-corrected chi connectivity index (χ1v) is 9.03. The number of halogens is 2. The summed E-state index contributed by atoms with van der Waals surface area (Å²) in [5.74, 6) is 0. The molecular formula is C12H11BrClNO3S2. The molecule has 0 amide bonds. The summed E-state index contributed by atoms with van der Waals surface area (Å²) in [7, 11) is -3.69. The molecule has 0 aliphatic heterocycles. The van der Waals surface area contributed by atoms with E-state index < -0.39 is 10.0 Å². The highest BCUT2D eigenvalue weighted by Crippen LogP contribution is 2.31. The van der Waals surface area contributed by atoms with E-state index in [0.717, 1.165) is 5.56 Å². The Morgan fingerprint density at radius 2 is 2.10 bits per heavy atom. The van der Waals surface area contributed by atoms with Crippen molar-refractivity contribution in [3.05, 3.63) is 43.5 Å². The summed E-state index contributed by atoms with van der Waals surface area (Å²) in [5.41, 5.74) is 1.22. The van der Waals surface area contributed by atoms with Crippen molar-refractivity contribution in [1.82, 2.24) is 0 Å². The Bertz CT molecular complexity index is 743. The molecule has 0 spiro atoms. The first kappa shape index (κ1) is 15.8. The number of benzene rings is 1. The average Bonchev–Trinajstić information content (AvgIpc) is 2.85. The normalized spacial score (nSPS) is 11.6. The van der Waals surface area contributed by atoms with E-state index in [0.29, 0.717) is 20.1 Å². The molecule has 2 N–H and O–H groups in total. The summed E-state index contributed by atoms with van der Waals surface area (Å²) in [6.45, 7) is 1.65. The summed E-state index contributed by atoms with van der Waals surface area (Å²) in [6.07, 6.45) is 0. The number of thiophene rings is 1. The van der Waals surface area contributed by atoms with Gasteiger partial charge in [0.2, 0.25) is 0 Å². The number of hydrogen-bond donors (Lipinski definition) is 2. The van der Waals surface area contributed by atoms with Gasteiger partial charge in [-0.25, -0.2) is 8.42 Å². The summed E-state index contributed by atoms with van der Waals surface area (Å²) < 4.78 is 27.5. The third-order valence-corrected chi connectivity index (χ3v) is 6.07. The SMILES string of the molecule is Cc1cc(Br)c(NS(=O)(=O)c2csc(CO)c2)cc1Cl. The molecule has 1 aromatic carbocycles. The van der Waals surface area contributed by atoms with Gasteiger partial charge in [-0.1, -0.05) is 11.6 Å². The third kappa shape index (κ3) is 3.35. The monoisotopic (exact) mass is 395 g/mol. The molecule has 0 atom stereocenters. The molecule has 1 aromatic heterocycles. The minimum Gasteiger partial charge on any atom is -0.391 e. The molecule has 0 radical (unpaired) electrons. The Balaban J connectivity index is 2.35. The first-order chi connectivity index (χ1) is 9.33. The molecule has 0 aliphatic carbocycles. The zero-order valence-electron chi connectivity index (χ0n) is 10.4. The fourth-order valence-corrected chi connectivity index (χ4v) is 4.57. The number of nitrogens with one attached hydrogen (secondary N) is 1. The highest BCUT2D eigenvalue weighted by atomic mass is 79.9. The molecule has 2 rings (SSSR count). The van der Waals surface area contributed by atoms with Gasteiger partial charge in [-0.15, -0.1) is 11.3 Å². The fraction of sp³-hybridized carbons (Fsp3) is 0.167. The van der Waals surface area contributed by atoms with E-state index in [2.05, 4.69) is 20.7 Å². The second kappa shape index (κ2) is 6.03. The highest BCUT2D eigenvalue weighted by Gasteiger charge is 2.18. The number of aliphatic hydroxyl groups is 1. The topological polar surface area (TPSA) is 66.4 Å². The van der Waals surface area contributed by atoms with Crippen LogP contribution in [0.3, 0.4) is 0 Å². The second-order valence-electron chi connectivity index (χ2n) is 4.09. The van der Waals surface area contributed by atoms with Gasteiger partial charge in [-0.05, 0) is 46.6 Å². The standard InChI is InChI=1S/C12H11BrClNO3S2/c1-7-2-10(13)12(4-11(7)14)15-20(17,18)9-3-8(5-16)19-6-9/h2-4,6,15-16H,5H2,1H3. The molecule has 0 saturated carbocycles. The third-order valence-electron chi connectivity index (χ3n) is 2.59. The van der Waals surface area contributed by atoms with E-state index in [-0.39, 0.29) is 11.5 Å². The van der Waals surface area contributed by atoms with E-state index in [4.69, 9.17) is 16.7 Å². The van der Waals surface area contributed by atoms with Gasteiger partial charge in [0.05, 0.1) is 17.2 Å². The number of aliphatic hydroxyl groups excluding tert-OH is 1.